The maximum Gasteiger partial charge on any atom is 0.0397 e. The predicted molar refractivity (Wildman–Crippen MR) is 66.1 cm³/mol. The maximum atomic E-state index is 5.44. The largest absolute Gasteiger partial charge is 0.374 e. The molecule has 1 heterocycles. The van der Waals surface area contributed by atoms with Crippen LogP contribution in [0.2, 0.25) is 0 Å². The lowest BCUT2D eigenvalue weighted by Crippen LogP contribution is -2.12. The molecular formula is C13H18N2. The Balaban J connectivity index is 2.16. The van der Waals surface area contributed by atoms with E-state index in [4.69, 9.17) is 5.73 Å². The quantitative estimate of drug-likeness (QED) is 0.812. The van der Waals surface area contributed by atoms with E-state index in [1.54, 1.807) is 0 Å². The summed E-state index contributed by atoms with van der Waals surface area (Å²) in [5.74, 6) is 0. The van der Waals surface area contributed by atoms with E-state index >= 15 is 0 Å². The van der Waals surface area contributed by atoms with E-state index in [2.05, 4.69) is 42.3 Å². The summed E-state index contributed by atoms with van der Waals surface area (Å²) in [6.45, 7) is 1.87. The van der Waals surface area contributed by atoms with Gasteiger partial charge in [-0.2, -0.15) is 0 Å². The van der Waals surface area contributed by atoms with Crippen LogP contribution >= 0.6 is 0 Å². The summed E-state index contributed by atoms with van der Waals surface area (Å²) in [4.78, 5) is 2.31. The third kappa shape index (κ3) is 2.21. The number of fused-ring (bicyclic) bond motifs is 1. The van der Waals surface area contributed by atoms with Crippen LogP contribution in [0.5, 0.6) is 0 Å². The molecule has 2 heteroatoms. The molecule has 0 fully saturated rings. The standard InChI is InChI=1S/C13H18N2/c1-15-9-7-12-10-11(4-2-3-8-14)5-6-13(12)15/h2,4-6,10H,3,7-9,14H2,1H3. The second-order valence-corrected chi connectivity index (χ2v) is 4.04. The van der Waals surface area contributed by atoms with Crippen LogP contribution in [0.1, 0.15) is 17.5 Å². The molecule has 0 aromatic heterocycles. The fraction of sp³-hybridized carbons (Fsp3) is 0.385. The molecular weight excluding hydrogens is 184 g/mol. The zero-order valence-electron chi connectivity index (χ0n) is 9.24. The number of likely N-dealkylation sites (N-methyl/N-ethyl adjacent to an activating group) is 1. The van der Waals surface area contributed by atoms with Crippen LogP contribution < -0.4 is 10.6 Å². The van der Waals surface area contributed by atoms with E-state index in [0.29, 0.717) is 0 Å². The lowest BCUT2D eigenvalue weighted by Gasteiger charge is -2.11. The lowest BCUT2D eigenvalue weighted by molar-refractivity contribution is 0.956. The van der Waals surface area contributed by atoms with Gasteiger partial charge in [-0.05, 0) is 42.6 Å². The Labute approximate surface area is 91.4 Å². The molecule has 0 amide bonds. The van der Waals surface area contributed by atoms with Gasteiger partial charge < -0.3 is 10.6 Å². The summed E-state index contributed by atoms with van der Waals surface area (Å²) in [6.07, 6.45) is 6.42. The minimum absolute atomic E-state index is 0.726. The van der Waals surface area contributed by atoms with Gasteiger partial charge in [-0.3, -0.25) is 0 Å². The third-order valence-electron chi connectivity index (χ3n) is 2.87. The van der Waals surface area contributed by atoms with Gasteiger partial charge in [0.2, 0.25) is 0 Å². The van der Waals surface area contributed by atoms with E-state index in [1.165, 1.54) is 23.2 Å². The molecule has 1 aliphatic heterocycles. The zero-order valence-corrected chi connectivity index (χ0v) is 9.24. The second kappa shape index (κ2) is 4.49. The Morgan fingerprint density at radius 3 is 3.13 bits per heavy atom. The zero-order chi connectivity index (χ0) is 10.7. The summed E-state index contributed by atoms with van der Waals surface area (Å²) < 4.78 is 0. The van der Waals surface area contributed by atoms with Gasteiger partial charge in [-0.25, -0.2) is 0 Å². The number of benzene rings is 1. The van der Waals surface area contributed by atoms with Crippen LogP contribution in [0.25, 0.3) is 6.08 Å². The Morgan fingerprint density at radius 2 is 2.33 bits per heavy atom. The first-order chi connectivity index (χ1) is 7.31. The molecule has 80 valence electrons. The highest BCUT2D eigenvalue weighted by atomic mass is 15.1. The van der Waals surface area contributed by atoms with Crippen molar-refractivity contribution in [3.63, 3.8) is 0 Å². The van der Waals surface area contributed by atoms with Crippen LogP contribution in [-0.2, 0) is 6.42 Å². The molecule has 0 spiro atoms. The molecule has 2 N–H and O–H groups in total. The van der Waals surface area contributed by atoms with Crippen molar-refractivity contribution in [3.8, 4) is 0 Å². The minimum atomic E-state index is 0.726. The number of nitrogens with two attached hydrogens (primary N) is 1. The maximum absolute atomic E-state index is 5.44. The van der Waals surface area contributed by atoms with Crippen molar-refractivity contribution in [3.05, 3.63) is 35.4 Å². The number of anilines is 1. The monoisotopic (exact) mass is 202 g/mol. The average Bonchev–Trinajstić information content (AvgIpc) is 2.61. The Morgan fingerprint density at radius 1 is 1.47 bits per heavy atom. The van der Waals surface area contributed by atoms with E-state index in [9.17, 15) is 0 Å². The highest BCUT2D eigenvalue weighted by molar-refractivity contribution is 5.63. The molecule has 1 aromatic carbocycles. The van der Waals surface area contributed by atoms with Crippen molar-refractivity contribution in [2.75, 3.05) is 25.0 Å². The summed E-state index contributed by atoms with van der Waals surface area (Å²) in [7, 11) is 2.15. The van der Waals surface area contributed by atoms with Crippen LogP contribution in [0.4, 0.5) is 5.69 Å². The third-order valence-corrected chi connectivity index (χ3v) is 2.87. The lowest BCUT2D eigenvalue weighted by atomic mass is 10.1. The predicted octanol–water partition coefficient (Wildman–Crippen LogP) is 2.04. The molecule has 0 saturated heterocycles. The molecule has 0 atom stereocenters. The first-order valence-electron chi connectivity index (χ1n) is 5.52. The summed E-state index contributed by atoms with van der Waals surface area (Å²) in [5, 5.41) is 0. The number of rotatable bonds is 3. The molecule has 1 aromatic rings. The van der Waals surface area contributed by atoms with Crippen molar-refractivity contribution < 1.29 is 0 Å². The Kier molecular flexibility index (Phi) is 3.07. The fourth-order valence-electron chi connectivity index (χ4n) is 2.01. The number of hydrogen-bond donors (Lipinski definition) is 1. The second-order valence-electron chi connectivity index (χ2n) is 4.04. The molecule has 0 unspecified atom stereocenters. The SMILES string of the molecule is CN1CCc2cc(C=CCCN)ccc21. The van der Waals surface area contributed by atoms with Gasteiger partial charge in [0.1, 0.15) is 0 Å². The van der Waals surface area contributed by atoms with Gasteiger partial charge in [-0.15, -0.1) is 0 Å². The Hall–Kier alpha value is -1.28. The molecule has 0 saturated carbocycles. The van der Waals surface area contributed by atoms with Crippen molar-refractivity contribution in [2.45, 2.75) is 12.8 Å². The molecule has 15 heavy (non-hydrogen) atoms. The number of hydrogen-bond acceptors (Lipinski definition) is 2. The first kappa shape index (κ1) is 10.2. The summed E-state index contributed by atoms with van der Waals surface area (Å²) >= 11 is 0. The minimum Gasteiger partial charge on any atom is -0.374 e. The van der Waals surface area contributed by atoms with E-state index in [0.717, 1.165) is 19.5 Å². The molecule has 1 aliphatic rings. The molecule has 0 aliphatic carbocycles. The van der Waals surface area contributed by atoms with Gasteiger partial charge in [0.05, 0.1) is 0 Å². The van der Waals surface area contributed by atoms with Gasteiger partial charge in [-0.1, -0.05) is 18.2 Å². The number of nitrogens with zero attached hydrogens (tertiary/aromatic N) is 1. The molecule has 2 nitrogen and oxygen atoms in total. The van der Waals surface area contributed by atoms with Gasteiger partial charge in [0.15, 0.2) is 0 Å². The van der Waals surface area contributed by atoms with Crippen LogP contribution in [0.3, 0.4) is 0 Å². The van der Waals surface area contributed by atoms with Crippen LogP contribution in [0.15, 0.2) is 24.3 Å². The topological polar surface area (TPSA) is 29.3 Å². The van der Waals surface area contributed by atoms with E-state index < -0.39 is 0 Å². The fourth-order valence-corrected chi connectivity index (χ4v) is 2.01. The van der Waals surface area contributed by atoms with Crippen molar-refractivity contribution in [1.82, 2.24) is 0 Å². The average molecular weight is 202 g/mol. The van der Waals surface area contributed by atoms with Crippen LogP contribution in [-0.4, -0.2) is 20.1 Å². The van der Waals surface area contributed by atoms with Crippen molar-refractivity contribution >= 4 is 11.8 Å². The van der Waals surface area contributed by atoms with Crippen LogP contribution in [0, 0.1) is 0 Å². The van der Waals surface area contributed by atoms with Crippen molar-refractivity contribution in [1.29, 1.82) is 0 Å². The Bertz CT molecular complexity index is 369. The first-order valence-corrected chi connectivity index (χ1v) is 5.52. The van der Waals surface area contributed by atoms with E-state index in [-0.39, 0.29) is 0 Å². The normalized spacial score (nSPS) is 14.9. The summed E-state index contributed by atoms with van der Waals surface area (Å²) in [5.41, 5.74) is 9.58. The molecule has 0 bridgehead atoms. The van der Waals surface area contributed by atoms with E-state index in [1.807, 2.05) is 0 Å². The smallest absolute Gasteiger partial charge is 0.0397 e. The highest BCUT2D eigenvalue weighted by Gasteiger charge is 2.14. The van der Waals surface area contributed by atoms with Gasteiger partial charge >= 0.3 is 0 Å². The molecule has 2 rings (SSSR count). The van der Waals surface area contributed by atoms with Gasteiger partial charge in [0, 0.05) is 19.3 Å². The van der Waals surface area contributed by atoms with Crippen molar-refractivity contribution in [2.24, 2.45) is 5.73 Å². The summed E-state index contributed by atoms with van der Waals surface area (Å²) in [6, 6.07) is 6.67. The molecule has 0 radical (unpaired) electrons. The highest BCUT2D eigenvalue weighted by Crippen LogP contribution is 2.27. The van der Waals surface area contributed by atoms with Gasteiger partial charge in [0.25, 0.3) is 0 Å².